The summed E-state index contributed by atoms with van der Waals surface area (Å²) in [4.78, 5) is 0. The molecule has 20 heavy (non-hydrogen) atoms. The second-order valence-electron chi connectivity index (χ2n) is 4.32. The second kappa shape index (κ2) is 6.63. The summed E-state index contributed by atoms with van der Waals surface area (Å²) < 4.78 is 27.6. The average molecular weight is 362 g/mol. The van der Waals surface area contributed by atoms with Gasteiger partial charge in [-0.05, 0) is 47.9 Å². The lowest BCUT2D eigenvalue weighted by Gasteiger charge is -2.18. The molecule has 0 radical (unpaired) electrons. The number of rotatable bonds is 4. The largest absolute Gasteiger partial charge is 0.271 e. The first-order valence-corrected chi connectivity index (χ1v) is 7.03. The molecule has 0 amide bonds. The minimum absolute atomic E-state index is 0.253. The van der Waals surface area contributed by atoms with Crippen molar-refractivity contribution in [1.82, 2.24) is 5.43 Å². The van der Waals surface area contributed by atoms with Crippen LogP contribution in [0, 0.1) is 11.6 Å². The Bertz CT molecular complexity index is 622. The number of benzene rings is 2. The molecule has 0 aromatic heterocycles. The van der Waals surface area contributed by atoms with Gasteiger partial charge in [-0.15, -0.1) is 0 Å². The van der Waals surface area contributed by atoms with E-state index in [0.29, 0.717) is 17.5 Å². The molecule has 1 atom stereocenters. The fourth-order valence-electron chi connectivity index (χ4n) is 1.96. The summed E-state index contributed by atoms with van der Waals surface area (Å²) in [5, 5.41) is 0.253. The van der Waals surface area contributed by atoms with Crippen molar-refractivity contribution in [3.63, 3.8) is 0 Å². The van der Waals surface area contributed by atoms with Gasteiger partial charge in [-0.1, -0.05) is 33.6 Å². The van der Waals surface area contributed by atoms with E-state index in [-0.39, 0.29) is 10.8 Å². The van der Waals surface area contributed by atoms with Gasteiger partial charge >= 0.3 is 0 Å². The van der Waals surface area contributed by atoms with Gasteiger partial charge in [-0.3, -0.25) is 11.3 Å². The van der Waals surface area contributed by atoms with Crippen LogP contribution >= 0.6 is 27.5 Å². The van der Waals surface area contributed by atoms with E-state index in [1.807, 2.05) is 0 Å². The van der Waals surface area contributed by atoms with Gasteiger partial charge in [0.25, 0.3) is 0 Å². The van der Waals surface area contributed by atoms with Gasteiger partial charge in [0.05, 0.1) is 6.04 Å². The van der Waals surface area contributed by atoms with Gasteiger partial charge in [0, 0.05) is 9.50 Å². The van der Waals surface area contributed by atoms with Crippen LogP contribution in [0.1, 0.15) is 17.2 Å². The summed E-state index contributed by atoms with van der Waals surface area (Å²) in [5.41, 5.74) is 3.69. The van der Waals surface area contributed by atoms with Crippen molar-refractivity contribution in [3.8, 4) is 0 Å². The quantitative estimate of drug-likeness (QED) is 0.635. The Morgan fingerprint density at radius 1 is 1.20 bits per heavy atom. The van der Waals surface area contributed by atoms with Crippen molar-refractivity contribution in [1.29, 1.82) is 0 Å². The summed E-state index contributed by atoms with van der Waals surface area (Å²) >= 11 is 9.30. The molecule has 6 heteroatoms. The first-order valence-electron chi connectivity index (χ1n) is 5.86. The van der Waals surface area contributed by atoms with E-state index in [1.54, 1.807) is 12.1 Å². The third kappa shape index (κ3) is 3.55. The lowest BCUT2D eigenvalue weighted by molar-refractivity contribution is 0.527. The van der Waals surface area contributed by atoms with Gasteiger partial charge in [0.2, 0.25) is 0 Å². The fourth-order valence-corrected chi connectivity index (χ4v) is 2.67. The highest BCUT2D eigenvalue weighted by atomic mass is 79.9. The summed E-state index contributed by atoms with van der Waals surface area (Å²) in [7, 11) is 0. The Morgan fingerprint density at radius 3 is 2.60 bits per heavy atom. The van der Waals surface area contributed by atoms with Crippen LogP contribution in [0.25, 0.3) is 0 Å². The molecule has 0 bridgehead atoms. The molecule has 3 N–H and O–H groups in total. The molecule has 106 valence electrons. The molecular weight excluding hydrogens is 350 g/mol. The Morgan fingerprint density at radius 2 is 1.95 bits per heavy atom. The molecule has 2 nitrogen and oxygen atoms in total. The van der Waals surface area contributed by atoms with Gasteiger partial charge in [0.1, 0.15) is 11.6 Å². The molecule has 0 aliphatic heterocycles. The number of nitrogens with two attached hydrogens (primary N) is 1. The minimum Gasteiger partial charge on any atom is -0.271 e. The lowest BCUT2D eigenvalue weighted by atomic mass is 9.99. The van der Waals surface area contributed by atoms with Gasteiger partial charge < -0.3 is 0 Å². The van der Waals surface area contributed by atoms with Crippen molar-refractivity contribution < 1.29 is 8.78 Å². The highest BCUT2D eigenvalue weighted by molar-refractivity contribution is 9.10. The average Bonchev–Trinajstić information content (AvgIpc) is 2.40. The number of halogens is 4. The van der Waals surface area contributed by atoms with Crippen LogP contribution in [-0.4, -0.2) is 0 Å². The summed E-state index contributed by atoms with van der Waals surface area (Å²) in [6.07, 6.45) is 0.299. The Hall–Kier alpha value is -1.01. The first kappa shape index (κ1) is 15.4. The number of hydrogen-bond acceptors (Lipinski definition) is 2. The minimum atomic E-state index is -0.428. The Kier molecular flexibility index (Phi) is 5.10. The highest BCUT2D eigenvalue weighted by Crippen LogP contribution is 2.27. The number of hydrazine groups is 1. The predicted molar refractivity (Wildman–Crippen MR) is 79.3 cm³/mol. The molecule has 0 aliphatic carbocycles. The summed E-state index contributed by atoms with van der Waals surface area (Å²) in [5.74, 6) is 4.76. The van der Waals surface area contributed by atoms with E-state index in [4.69, 9.17) is 17.4 Å². The zero-order valence-electron chi connectivity index (χ0n) is 10.3. The van der Waals surface area contributed by atoms with Gasteiger partial charge in [-0.2, -0.15) is 0 Å². The zero-order chi connectivity index (χ0) is 14.7. The van der Waals surface area contributed by atoms with Crippen LogP contribution in [0.15, 0.2) is 40.9 Å². The maximum Gasteiger partial charge on any atom is 0.126 e. The molecule has 1 unspecified atom stereocenters. The van der Waals surface area contributed by atoms with Crippen molar-refractivity contribution in [2.45, 2.75) is 12.5 Å². The van der Waals surface area contributed by atoms with Crippen molar-refractivity contribution >= 4 is 27.5 Å². The van der Waals surface area contributed by atoms with Crippen LogP contribution in [0.2, 0.25) is 5.02 Å². The molecule has 0 saturated heterocycles. The van der Waals surface area contributed by atoms with E-state index in [0.717, 1.165) is 4.47 Å². The summed E-state index contributed by atoms with van der Waals surface area (Å²) in [6, 6.07) is 8.30. The first-order chi connectivity index (χ1) is 9.51. The molecule has 0 heterocycles. The van der Waals surface area contributed by atoms with Gasteiger partial charge in [-0.25, -0.2) is 8.78 Å². The summed E-state index contributed by atoms with van der Waals surface area (Å²) in [6.45, 7) is 0. The highest BCUT2D eigenvalue weighted by Gasteiger charge is 2.16. The molecule has 2 aromatic rings. The van der Waals surface area contributed by atoms with Crippen molar-refractivity contribution in [2.75, 3.05) is 0 Å². The predicted octanol–water partition coefficient (Wildman–Crippen LogP) is 4.13. The standard InChI is InChI=1S/C14H12BrClF2N2/c15-9-1-4-13(18)8(5-9)6-14(20-19)11-3-2-10(17)7-12(11)16/h1-5,7,14,20H,6,19H2. The Labute approximate surface area is 129 Å². The molecule has 2 aromatic carbocycles. The maximum absolute atomic E-state index is 13.8. The van der Waals surface area contributed by atoms with E-state index >= 15 is 0 Å². The van der Waals surface area contributed by atoms with Crippen molar-refractivity contribution in [3.05, 3.63) is 68.7 Å². The van der Waals surface area contributed by atoms with Gasteiger partial charge in [0.15, 0.2) is 0 Å². The molecule has 0 fully saturated rings. The van der Waals surface area contributed by atoms with Crippen LogP contribution in [0.4, 0.5) is 8.78 Å². The van der Waals surface area contributed by atoms with Crippen LogP contribution in [-0.2, 0) is 6.42 Å². The lowest BCUT2D eigenvalue weighted by Crippen LogP contribution is -2.30. The van der Waals surface area contributed by atoms with Crippen LogP contribution in [0.3, 0.4) is 0 Å². The normalized spacial score (nSPS) is 12.4. The Balaban J connectivity index is 2.31. The second-order valence-corrected chi connectivity index (χ2v) is 5.65. The van der Waals surface area contributed by atoms with Crippen LogP contribution < -0.4 is 11.3 Å². The van der Waals surface area contributed by atoms with Crippen molar-refractivity contribution in [2.24, 2.45) is 5.84 Å². The maximum atomic E-state index is 13.8. The smallest absolute Gasteiger partial charge is 0.126 e. The SMILES string of the molecule is NNC(Cc1cc(Br)ccc1F)c1ccc(F)cc1Cl. The molecule has 0 aliphatic rings. The van der Waals surface area contributed by atoms with E-state index in [2.05, 4.69) is 21.4 Å². The molecule has 0 saturated carbocycles. The third-order valence-electron chi connectivity index (χ3n) is 2.97. The molecule has 2 rings (SSSR count). The monoisotopic (exact) mass is 360 g/mol. The fraction of sp³-hybridized carbons (Fsp3) is 0.143. The van der Waals surface area contributed by atoms with E-state index < -0.39 is 11.9 Å². The van der Waals surface area contributed by atoms with Crippen LogP contribution in [0.5, 0.6) is 0 Å². The zero-order valence-corrected chi connectivity index (χ0v) is 12.7. The topological polar surface area (TPSA) is 38.0 Å². The van der Waals surface area contributed by atoms with E-state index in [1.165, 1.54) is 24.3 Å². The number of nitrogens with one attached hydrogen (secondary N) is 1. The molecular formula is C14H12BrClF2N2. The third-order valence-corrected chi connectivity index (χ3v) is 3.79. The number of hydrogen-bond donors (Lipinski definition) is 2. The van der Waals surface area contributed by atoms with E-state index in [9.17, 15) is 8.78 Å². The molecule has 0 spiro atoms.